The monoisotopic (exact) mass is 312 g/mol. The number of nitrogens with two attached hydrogens (primary N) is 1. The Labute approximate surface area is 132 Å². The number of hydrogen-bond acceptors (Lipinski definition) is 6. The van der Waals surface area contributed by atoms with Gasteiger partial charge < -0.3 is 15.4 Å². The number of rotatable bonds is 2. The van der Waals surface area contributed by atoms with Gasteiger partial charge in [0, 0.05) is 35.9 Å². The van der Waals surface area contributed by atoms with E-state index >= 15 is 0 Å². The van der Waals surface area contributed by atoms with Crippen molar-refractivity contribution in [1.29, 1.82) is 5.26 Å². The van der Waals surface area contributed by atoms with Gasteiger partial charge in [0.1, 0.15) is 17.5 Å². The Morgan fingerprint density at radius 1 is 1.61 bits per heavy atom. The summed E-state index contributed by atoms with van der Waals surface area (Å²) in [4.78, 5) is 17.9. The molecule has 0 aliphatic carbocycles. The van der Waals surface area contributed by atoms with Gasteiger partial charge in [-0.15, -0.1) is 0 Å². The fourth-order valence-electron chi connectivity index (χ4n) is 2.77. The SMILES string of the molecule is CCOC(=O)N1CCc2nc(N)c(C#N)c(-c3cn[nH]c3)c2C1. The van der Waals surface area contributed by atoms with Crippen molar-refractivity contribution >= 4 is 11.9 Å². The lowest BCUT2D eigenvalue weighted by Crippen LogP contribution is -2.37. The molecule has 118 valence electrons. The quantitative estimate of drug-likeness (QED) is 0.865. The van der Waals surface area contributed by atoms with E-state index < -0.39 is 0 Å². The Morgan fingerprint density at radius 2 is 2.43 bits per heavy atom. The largest absolute Gasteiger partial charge is 0.450 e. The van der Waals surface area contributed by atoms with Crippen LogP contribution in [0.3, 0.4) is 0 Å². The van der Waals surface area contributed by atoms with Gasteiger partial charge in [0.25, 0.3) is 0 Å². The van der Waals surface area contributed by atoms with Gasteiger partial charge in [0.15, 0.2) is 0 Å². The highest BCUT2D eigenvalue weighted by Crippen LogP contribution is 2.34. The Morgan fingerprint density at radius 3 is 3.09 bits per heavy atom. The molecule has 3 heterocycles. The number of amides is 1. The zero-order valence-electron chi connectivity index (χ0n) is 12.7. The molecular weight excluding hydrogens is 296 g/mol. The summed E-state index contributed by atoms with van der Waals surface area (Å²) < 4.78 is 5.07. The van der Waals surface area contributed by atoms with Crippen LogP contribution in [-0.2, 0) is 17.7 Å². The molecule has 0 atom stereocenters. The summed E-state index contributed by atoms with van der Waals surface area (Å²) in [6.45, 7) is 2.93. The summed E-state index contributed by atoms with van der Waals surface area (Å²) >= 11 is 0. The van der Waals surface area contributed by atoms with Crippen LogP contribution in [0, 0.1) is 11.3 Å². The van der Waals surface area contributed by atoms with E-state index in [1.807, 2.05) is 0 Å². The van der Waals surface area contributed by atoms with E-state index in [1.165, 1.54) is 0 Å². The number of hydrogen-bond donors (Lipinski definition) is 2. The number of H-pyrrole nitrogens is 1. The molecule has 0 fully saturated rings. The molecule has 0 aromatic carbocycles. The molecule has 2 aromatic heterocycles. The highest BCUT2D eigenvalue weighted by molar-refractivity contribution is 5.79. The van der Waals surface area contributed by atoms with Gasteiger partial charge in [-0.2, -0.15) is 10.4 Å². The molecule has 3 N–H and O–H groups in total. The number of nitrogen functional groups attached to an aromatic ring is 1. The number of nitrogens with zero attached hydrogens (tertiary/aromatic N) is 4. The van der Waals surface area contributed by atoms with Crippen molar-refractivity contribution in [3.05, 3.63) is 29.2 Å². The third-order valence-electron chi connectivity index (χ3n) is 3.80. The molecule has 2 aromatic rings. The van der Waals surface area contributed by atoms with E-state index in [9.17, 15) is 10.1 Å². The van der Waals surface area contributed by atoms with E-state index in [-0.39, 0.29) is 11.9 Å². The molecule has 0 spiro atoms. The minimum atomic E-state index is -0.369. The van der Waals surface area contributed by atoms with E-state index in [2.05, 4.69) is 21.3 Å². The van der Waals surface area contributed by atoms with Crippen LogP contribution in [0.2, 0.25) is 0 Å². The van der Waals surface area contributed by atoms with Gasteiger partial charge in [-0.05, 0) is 6.92 Å². The van der Waals surface area contributed by atoms with Crippen molar-refractivity contribution in [2.75, 3.05) is 18.9 Å². The maximum absolute atomic E-state index is 12.0. The first kappa shape index (κ1) is 14.8. The summed E-state index contributed by atoms with van der Waals surface area (Å²) in [5.41, 5.74) is 9.28. The number of carbonyl (C=O) groups is 1. The standard InChI is InChI=1S/C15H16N6O2/c1-2-23-15(22)21-4-3-12-11(8-21)13(9-6-18-19-7-9)10(5-16)14(17)20-12/h6-7H,2-4,8H2,1H3,(H2,17,20)(H,18,19). The second-order valence-electron chi connectivity index (χ2n) is 5.14. The van der Waals surface area contributed by atoms with E-state index in [0.717, 1.165) is 16.8 Å². The zero-order valence-corrected chi connectivity index (χ0v) is 12.7. The molecule has 23 heavy (non-hydrogen) atoms. The van der Waals surface area contributed by atoms with E-state index in [1.54, 1.807) is 24.2 Å². The summed E-state index contributed by atoms with van der Waals surface area (Å²) in [7, 11) is 0. The van der Waals surface area contributed by atoms with Crippen LogP contribution in [0.5, 0.6) is 0 Å². The van der Waals surface area contributed by atoms with Crippen molar-refractivity contribution in [2.45, 2.75) is 19.9 Å². The second-order valence-corrected chi connectivity index (χ2v) is 5.14. The predicted octanol–water partition coefficient (Wildman–Crippen LogP) is 1.44. The number of pyridine rings is 1. The number of aromatic amines is 1. The molecule has 1 amide bonds. The van der Waals surface area contributed by atoms with Crippen molar-refractivity contribution < 1.29 is 9.53 Å². The highest BCUT2D eigenvalue weighted by Gasteiger charge is 2.28. The Kier molecular flexibility index (Phi) is 3.85. The van der Waals surface area contributed by atoms with Crippen molar-refractivity contribution in [3.63, 3.8) is 0 Å². The first-order chi connectivity index (χ1) is 11.2. The van der Waals surface area contributed by atoms with Crippen LogP contribution in [0.15, 0.2) is 12.4 Å². The summed E-state index contributed by atoms with van der Waals surface area (Å²) in [5, 5.41) is 16.1. The molecule has 1 aliphatic heterocycles. The van der Waals surface area contributed by atoms with Gasteiger partial charge in [0.05, 0.1) is 25.0 Å². The average Bonchev–Trinajstić information content (AvgIpc) is 3.07. The molecule has 0 radical (unpaired) electrons. The van der Waals surface area contributed by atoms with Crippen LogP contribution < -0.4 is 5.73 Å². The van der Waals surface area contributed by atoms with Gasteiger partial charge in [-0.3, -0.25) is 5.10 Å². The number of anilines is 1. The van der Waals surface area contributed by atoms with E-state index in [4.69, 9.17) is 10.5 Å². The number of aromatic nitrogens is 3. The summed E-state index contributed by atoms with van der Waals surface area (Å²) in [5.74, 6) is 0.201. The van der Waals surface area contributed by atoms with Crippen molar-refractivity contribution in [1.82, 2.24) is 20.1 Å². The zero-order chi connectivity index (χ0) is 16.4. The van der Waals surface area contributed by atoms with Crippen LogP contribution in [0.4, 0.5) is 10.6 Å². The first-order valence-corrected chi connectivity index (χ1v) is 7.27. The summed E-state index contributed by atoms with van der Waals surface area (Å²) in [6.07, 6.45) is 3.51. The van der Waals surface area contributed by atoms with Crippen molar-refractivity contribution in [3.8, 4) is 17.2 Å². The lowest BCUT2D eigenvalue weighted by Gasteiger charge is -2.29. The van der Waals surface area contributed by atoms with Gasteiger partial charge in [0.2, 0.25) is 0 Å². The third kappa shape index (κ3) is 2.57. The van der Waals surface area contributed by atoms with Crippen LogP contribution >= 0.6 is 0 Å². The molecule has 0 bridgehead atoms. The second kappa shape index (κ2) is 5.96. The van der Waals surface area contributed by atoms with Crippen molar-refractivity contribution in [2.24, 2.45) is 0 Å². The van der Waals surface area contributed by atoms with Gasteiger partial charge in [-0.25, -0.2) is 9.78 Å². The molecule has 0 saturated heterocycles. The number of carbonyl (C=O) groups excluding carboxylic acids is 1. The topological polar surface area (TPSA) is 121 Å². The Balaban J connectivity index is 2.11. The lowest BCUT2D eigenvalue weighted by molar-refractivity contribution is 0.102. The predicted molar refractivity (Wildman–Crippen MR) is 82.1 cm³/mol. The molecule has 8 heteroatoms. The minimum absolute atomic E-state index is 0.201. The fraction of sp³-hybridized carbons (Fsp3) is 0.333. The molecule has 1 aliphatic rings. The van der Waals surface area contributed by atoms with Gasteiger partial charge >= 0.3 is 6.09 Å². The molecule has 3 rings (SSSR count). The minimum Gasteiger partial charge on any atom is -0.450 e. The maximum atomic E-state index is 12.0. The van der Waals surface area contributed by atoms with Crippen LogP contribution in [0.1, 0.15) is 23.7 Å². The summed E-state index contributed by atoms with van der Waals surface area (Å²) in [6, 6.07) is 2.11. The number of nitrogens with one attached hydrogen (secondary N) is 1. The number of nitriles is 1. The van der Waals surface area contributed by atoms with E-state index in [0.29, 0.717) is 37.2 Å². The maximum Gasteiger partial charge on any atom is 0.410 e. The van der Waals surface area contributed by atoms with Crippen LogP contribution in [-0.4, -0.2) is 39.3 Å². The average molecular weight is 312 g/mol. The molecule has 0 unspecified atom stereocenters. The number of ether oxygens (including phenoxy) is 1. The third-order valence-corrected chi connectivity index (χ3v) is 3.80. The first-order valence-electron chi connectivity index (χ1n) is 7.27. The normalized spacial score (nSPS) is 13.3. The Bertz CT molecular complexity index is 778. The number of fused-ring (bicyclic) bond motifs is 1. The fourth-order valence-corrected chi connectivity index (χ4v) is 2.77. The highest BCUT2D eigenvalue weighted by atomic mass is 16.6. The molecule has 8 nitrogen and oxygen atoms in total. The van der Waals surface area contributed by atoms with Gasteiger partial charge in [-0.1, -0.05) is 0 Å². The smallest absolute Gasteiger partial charge is 0.410 e. The van der Waals surface area contributed by atoms with Crippen LogP contribution in [0.25, 0.3) is 11.1 Å². The lowest BCUT2D eigenvalue weighted by atomic mass is 9.93. The molecule has 0 saturated carbocycles. The Hall–Kier alpha value is -3.08. The molecular formula is C15H16N6O2.